The first-order valence-electron chi connectivity index (χ1n) is 5.85. The molecule has 19 heavy (non-hydrogen) atoms. The van der Waals surface area contributed by atoms with Gasteiger partial charge in [-0.05, 0) is 25.1 Å². The minimum Gasteiger partial charge on any atom is -0.448 e. The summed E-state index contributed by atoms with van der Waals surface area (Å²) < 4.78 is 6.49. The van der Waals surface area contributed by atoms with E-state index in [1.807, 2.05) is 6.07 Å². The minimum atomic E-state index is -0.827. The number of aliphatic hydroxyl groups is 1. The van der Waals surface area contributed by atoms with Gasteiger partial charge in [0.2, 0.25) is 0 Å². The first kappa shape index (κ1) is 13.2. The van der Waals surface area contributed by atoms with Crippen LogP contribution in [0.15, 0.2) is 18.2 Å². The molecule has 0 bridgehead atoms. The van der Waals surface area contributed by atoms with E-state index in [2.05, 4.69) is 4.98 Å². The average molecular weight is 264 g/mol. The van der Waals surface area contributed by atoms with E-state index in [1.54, 1.807) is 23.6 Å². The van der Waals surface area contributed by atoms with E-state index >= 15 is 0 Å². The van der Waals surface area contributed by atoms with Gasteiger partial charge in [0.15, 0.2) is 0 Å². The number of aliphatic hydroxyl groups excluding tert-OH is 1. The molecule has 1 atom stereocenters. The first-order valence-corrected chi connectivity index (χ1v) is 5.85. The smallest absolute Gasteiger partial charge is 0.404 e. The third kappa shape index (κ3) is 2.76. The predicted octanol–water partition coefficient (Wildman–Crippen LogP) is 0.767. The van der Waals surface area contributed by atoms with Crippen molar-refractivity contribution in [3.63, 3.8) is 0 Å². The zero-order valence-corrected chi connectivity index (χ0v) is 10.5. The number of primary amides is 1. The van der Waals surface area contributed by atoms with Crippen molar-refractivity contribution in [3.8, 4) is 0 Å². The quantitative estimate of drug-likeness (QED) is 0.705. The van der Waals surface area contributed by atoms with Crippen LogP contribution in [-0.4, -0.2) is 27.4 Å². The lowest BCUT2D eigenvalue weighted by Crippen LogP contribution is -2.18. The van der Waals surface area contributed by atoms with Crippen molar-refractivity contribution < 1.29 is 14.6 Å². The fraction of sp³-hybridized carbons (Fsp3) is 0.333. The molecule has 0 radical (unpaired) electrons. The average Bonchev–Trinajstić information content (AvgIpc) is 2.67. The van der Waals surface area contributed by atoms with Gasteiger partial charge < -0.3 is 25.9 Å². The van der Waals surface area contributed by atoms with Gasteiger partial charge in [-0.2, -0.15) is 0 Å². The molecule has 5 N–H and O–H groups in total. The minimum absolute atomic E-state index is 0.116. The highest BCUT2D eigenvalue weighted by molar-refractivity contribution is 5.79. The van der Waals surface area contributed by atoms with Gasteiger partial charge in [-0.1, -0.05) is 0 Å². The third-order valence-electron chi connectivity index (χ3n) is 2.73. The Balaban J connectivity index is 2.37. The van der Waals surface area contributed by atoms with Crippen LogP contribution in [-0.2, 0) is 11.3 Å². The topological polar surface area (TPSA) is 116 Å². The standard InChI is InChI=1S/C12H16N4O3/c1-7(17)11-15-9-6-8(13)2-3-10(9)16(11)4-5-19-12(14)18/h2-3,6-7,17H,4-5,13H2,1H3,(H2,14,18). The summed E-state index contributed by atoms with van der Waals surface area (Å²) in [5, 5.41) is 9.74. The number of anilines is 1. The zero-order valence-electron chi connectivity index (χ0n) is 10.5. The molecule has 0 fully saturated rings. The summed E-state index contributed by atoms with van der Waals surface area (Å²) in [6, 6.07) is 5.29. The Morgan fingerprint density at radius 2 is 2.32 bits per heavy atom. The van der Waals surface area contributed by atoms with Crippen LogP contribution in [0.3, 0.4) is 0 Å². The number of ether oxygens (including phenoxy) is 1. The van der Waals surface area contributed by atoms with E-state index in [1.165, 1.54) is 0 Å². The molecular formula is C12H16N4O3. The fourth-order valence-electron chi connectivity index (χ4n) is 1.96. The van der Waals surface area contributed by atoms with Crippen LogP contribution < -0.4 is 11.5 Å². The highest BCUT2D eigenvalue weighted by Gasteiger charge is 2.15. The molecule has 7 heteroatoms. The molecule has 1 unspecified atom stereocenters. The van der Waals surface area contributed by atoms with E-state index in [4.69, 9.17) is 16.2 Å². The summed E-state index contributed by atoms with van der Waals surface area (Å²) in [6.07, 6.45) is -1.56. The Kier molecular flexibility index (Phi) is 3.57. The van der Waals surface area contributed by atoms with Crippen molar-refractivity contribution >= 4 is 22.8 Å². The molecule has 0 aliphatic heterocycles. The molecule has 102 valence electrons. The zero-order chi connectivity index (χ0) is 14.0. The number of carbonyl (C=O) groups excluding carboxylic acids is 1. The Morgan fingerprint density at radius 1 is 1.58 bits per heavy atom. The second-order valence-corrected chi connectivity index (χ2v) is 4.21. The molecule has 0 saturated heterocycles. The number of rotatable bonds is 4. The van der Waals surface area contributed by atoms with Crippen LogP contribution >= 0.6 is 0 Å². The van der Waals surface area contributed by atoms with Crippen molar-refractivity contribution in [2.45, 2.75) is 19.6 Å². The predicted molar refractivity (Wildman–Crippen MR) is 70.3 cm³/mol. The van der Waals surface area contributed by atoms with Gasteiger partial charge in [-0.15, -0.1) is 0 Å². The Hall–Kier alpha value is -2.28. The van der Waals surface area contributed by atoms with Crippen LogP contribution in [0.4, 0.5) is 10.5 Å². The van der Waals surface area contributed by atoms with Gasteiger partial charge in [0.05, 0.1) is 17.6 Å². The number of amides is 1. The SMILES string of the molecule is CC(O)c1nc2cc(N)ccc2n1CCOC(N)=O. The number of benzene rings is 1. The monoisotopic (exact) mass is 264 g/mol. The van der Waals surface area contributed by atoms with Gasteiger partial charge in [-0.3, -0.25) is 0 Å². The van der Waals surface area contributed by atoms with Crippen molar-refractivity contribution in [2.75, 3.05) is 12.3 Å². The molecule has 1 amide bonds. The highest BCUT2D eigenvalue weighted by Crippen LogP contribution is 2.22. The number of aromatic nitrogens is 2. The molecule has 0 spiro atoms. The maximum atomic E-state index is 10.6. The molecule has 7 nitrogen and oxygen atoms in total. The highest BCUT2D eigenvalue weighted by atomic mass is 16.5. The maximum Gasteiger partial charge on any atom is 0.404 e. The van der Waals surface area contributed by atoms with Gasteiger partial charge in [0, 0.05) is 5.69 Å². The van der Waals surface area contributed by atoms with E-state index in [0.717, 1.165) is 5.52 Å². The van der Waals surface area contributed by atoms with Gasteiger partial charge in [0.25, 0.3) is 0 Å². The lowest BCUT2D eigenvalue weighted by Gasteiger charge is -2.10. The van der Waals surface area contributed by atoms with Crippen molar-refractivity contribution in [1.29, 1.82) is 0 Å². The molecule has 0 aliphatic carbocycles. The molecular weight excluding hydrogens is 248 g/mol. The normalized spacial score (nSPS) is 12.5. The molecule has 0 aliphatic rings. The van der Waals surface area contributed by atoms with Crippen molar-refractivity contribution in [2.24, 2.45) is 5.73 Å². The summed E-state index contributed by atoms with van der Waals surface area (Å²) in [6.45, 7) is 2.10. The summed E-state index contributed by atoms with van der Waals surface area (Å²) in [7, 11) is 0. The number of nitrogens with zero attached hydrogens (tertiary/aromatic N) is 2. The Bertz CT molecular complexity index is 606. The second kappa shape index (κ2) is 5.15. The fourth-order valence-corrected chi connectivity index (χ4v) is 1.96. The number of nitrogen functional groups attached to an aromatic ring is 1. The molecule has 1 aromatic heterocycles. The number of hydrogen-bond acceptors (Lipinski definition) is 5. The Labute approximate surface area is 109 Å². The number of imidazole rings is 1. The van der Waals surface area contributed by atoms with Gasteiger partial charge in [-0.25, -0.2) is 9.78 Å². The van der Waals surface area contributed by atoms with Crippen LogP contribution in [0.2, 0.25) is 0 Å². The molecule has 1 aromatic carbocycles. The van der Waals surface area contributed by atoms with Gasteiger partial charge in [0.1, 0.15) is 18.5 Å². The molecule has 2 rings (SSSR count). The lowest BCUT2D eigenvalue weighted by molar-refractivity contribution is 0.148. The summed E-state index contributed by atoms with van der Waals surface area (Å²) in [5.41, 5.74) is 12.7. The summed E-state index contributed by atoms with van der Waals surface area (Å²) in [4.78, 5) is 14.9. The van der Waals surface area contributed by atoms with Crippen LogP contribution in [0.25, 0.3) is 11.0 Å². The number of carbonyl (C=O) groups is 1. The number of nitrogens with two attached hydrogens (primary N) is 2. The lowest BCUT2D eigenvalue weighted by atomic mass is 10.3. The number of fused-ring (bicyclic) bond motifs is 1. The van der Waals surface area contributed by atoms with Crippen LogP contribution in [0.1, 0.15) is 18.9 Å². The second-order valence-electron chi connectivity index (χ2n) is 4.21. The molecule has 0 saturated carbocycles. The first-order chi connectivity index (χ1) is 8.99. The van der Waals surface area contributed by atoms with Crippen molar-refractivity contribution in [1.82, 2.24) is 9.55 Å². The van der Waals surface area contributed by atoms with E-state index in [9.17, 15) is 9.90 Å². The van der Waals surface area contributed by atoms with E-state index < -0.39 is 12.2 Å². The summed E-state index contributed by atoms with van der Waals surface area (Å²) in [5.74, 6) is 0.494. The van der Waals surface area contributed by atoms with Crippen LogP contribution in [0, 0.1) is 0 Å². The largest absolute Gasteiger partial charge is 0.448 e. The van der Waals surface area contributed by atoms with Gasteiger partial charge >= 0.3 is 6.09 Å². The molecule has 2 aromatic rings. The third-order valence-corrected chi connectivity index (χ3v) is 2.73. The molecule has 1 heterocycles. The maximum absolute atomic E-state index is 10.6. The number of hydrogen-bond donors (Lipinski definition) is 3. The van der Waals surface area contributed by atoms with Crippen LogP contribution in [0.5, 0.6) is 0 Å². The van der Waals surface area contributed by atoms with Crippen molar-refractivity contribution in [3.05, 3.63) is 24.0 Å². The summed E-state index contributed by atoms with van der Waals surface area (Å²) >= 11 is 0. The Morgan fingerprint density at radius 3 is 2.95 bits per heavy atom. The van der Waals surface area contributed by atoms with E-state index in [0.29, 0.717) is 23.6 Å². The van der Waals surface area contributed by atoms with E-state index in [-0.39, 0.29) is 6.61 Å².